The molecule has 0 spiro atoms. The highest BCUT2D eigenvalue weighted by molar-refractivity contribution is 5.19. The molecule has 1 saturated heterocycles. The number of hydrogen-bond donors (Lipinski definition) is 4. The number of aromatic nitrogens is 3. The quantitative estimate of drug-likeness (QED) is 0.423. The zero-order chi connectivity index (χ0) is 15.1. The first-order chi connectivity index (χ1) is 9.31. The molecule has 0 bridgehead atoms. The van der Waals surface area contributed by atoms with E-state index in [2.05, 4.69) is 5.10 Å². The van der Waals surface area contributed by atoms with Gasteiger partial charge in [0.15, 0.2) is 6.23 Å². The van der Waals surface area contributed by atoms with Crippen LogP contribution in [0.2, 0.25) is 0 Å². The summed E-state index contributed by atoms with van der Waals surface area (Å²) < 4.78 is 5.84. The molecule has 108 valence electrons. The summed E-state index contributed by atoms with van der Waals surface area (Å²) in [6, 6.07) is 0. The number of rotatable bonds is 2. The predicted molar refractivity (Wildman–Crippen MR) is 64.5 cm³/mol. The highest BCUT2D eigenvalue weighted by Crippen LogP contribution is 2.38. The molecule has 1 fully saturated rings. The van der Waals surface area contributed by atoms with Crippen LogP contribution in [0, 0.1) is 12.3 Å². The Morgan fingerprint density at radius 1 is 1.65 bits per heavy atom. The Morgan fingerprint density at radius 3 is 2.80 bits per heavy atom. The number of aliphatic hydroxyl groups excluding tert-OH is 2. The number of nitrogens with zero attached hydrogens (tertiary/aromatic N) is 2. The Bertz CT molecular complexity index is 659. The second-order valence-electron chi connectivity index (χ2n) is 4.49. The van der Waals surface area contributed by atoms with Crippen molar-refractivity contribution in [3.8, 4) is 12.3 Å². The van der Waals surface area contributed by atoms with E-state index in [1.165, 1.54) is 6.92 Å². The van der Waals surface area contributed by atoms with Crippen LogP contribution in [0.25, 0.3) is 0 Å². The lowest BCUT2D eigenvalue weighted by atomic mass is 9.93. The molecule has 0 aromatic carbocycles. The monoisotopic (exact) mass is 283 g/mol. The van der Waals surface area contributed by atoms with Crippen molar-refractivity contribution in [1.82, 2.24) is 14.8 Å². The molecule has 2 rings (SSSR count). The standard InChI is InChI=1S/C11H13N3O6/c1-3-11(19)8(17)7(5(2)15)20-9(11)14-10(18)13-6(16)4-12-14/h1,4-5,7-9,15,17,19H,2H3,(H,13,16,18)/t5-,7-,8?,9-,11-/m1/s1. The topological polar surface area (TPSA) is 138 Å². The van der Waals surface area contributed by atoms with E-state index in [-0.39, 0.29) is 0 Å². The number of H-pyrrole nitrogens is 1. The molecule has 20 heavy (non-hydrogen) atoms. The molecular weight excluding hydrogens is 270 g/mol. The van der Waals surface area contributed by atoms with Gasteiger partial charge < -0.3 is 20.1 Å². The minimum atomic E-state index is -2.27. The Kier molecular flexibility index (Phi) is 3.49. The van der Waals surface area contributed by atoms with Crippen molar-refractivity contribution in [1.29, 1.82) is 0 Å². The van der Waals surface area contributed by atoms with Crippen LogP contribution in [0.4, 0.5) is 0 Å². The Labute approximate surface area is 112 Å². The summed E-state index contributed by atoms with van der Waals surface area (Å²) in [7, 11) is 0. The summed E-state index contributed by atoms with van der Waals surface area (Å²) in [5.41, 5.74) is -3.97. The van der Waals surface area contributed by atoms with Gasteiger partial charge in [0.2, 0.25) is 5.60 Å². The lowest BCUT2D eigenvalue weighted by Gasteiger charge is -2.25. The molecule has 2 heterocycles. The summed E-state index contributed by atoms with van der Waals surface area (Å²) in [5, 5.41) is 33.3. The van der Waals surface area contributed by atoms with Crippen molar-refractivity contribution in [2.24, 2.45) is 0 Å². The third-order valence-corrected chi connectivity index (χ3v) is 3.09. The lowest BCUT2D eigenvalue weighted by Crippen LogP contribution is -2.49. The Balaban J connectivity index is 2.53. The van der Waals surface area contributed by atoms with Crippen LogP contribution in [0.1, 0.15) is 13.2 Å². The number of nitrogens with one attached hydrogen (secondary N) is 1. The van der Waals surface area contributed by atoms with Crippen LogP contribution < -0.4 is 11.2 Å². The summed E-state index contributed by atoms with van der Waals surface area (Å²) in [5.74, 6) is 1.94. The van der Waals surface area contributed by atoms with Crippen molar-refractivity contribution >= 4 is 0 Å². The lowest BCUT2D eigenvalue weighted by molar-refractivity contribution is -0.0947. The van der Waals surface area contributed by atoms with Gasteiger partial charge in [-0.1, -0.05) is 5.92 Å². The van der Waals surface area contributed by atoms with Crippen LogP contribution in [0.15, 0.2) is 15.8 Å². The van der Waals surface area contributed by atoms with Gasteiger partial charge in [-0.05, 0) is 6.92 Å². The zero-order valence-corrected chi connectivity index (χ0v) is 10.4. The summed E-state index contributed by atoms with van der Waals surface area (Å²) in [6.45, 7) is 1.33. The molecule has 1 aliphatic heterocycles. The molecule has 1 aromatic rings. The molecule has 9 nitrogen and oxygen atoms in total. The maximum absolute atomic E-state index is 11.7. The van der Waals surface area contributed by atoms with E-state index in [9.17, 15) is 24.9 Å². The van der Waals surface area contributed by atoms with Gasteiger partial charge in [-0.3, -0.25) is 9.78 Å². The van der Waals surface area contributed by atoms with E-state index in [1.54, 1.807) is 0 Å². The van der Waals surface area contributed by atoms with Crippen LogP contribution >= 0.6 is 0 Å². The van der Waals surface area contributed by atoms with Crippen molar-refractivity contribution in [2.45, 2.75) is 37.1 Å². The van der Waals surface area contributed by atoms with Gasteiger partial charge in [0.1, 0.15) is 18.4 Å². The maximum atomic E-state index is 11.7. The molecule has 9 heteroatoms. The number of hydrogen-bond acceptors (Lipinski definition) is 7. The van der Waals surface area contributed by atoms with E-state index < -0.39 is 41.4 Å². The maximum Gasteiger partial charge on any atom is 0.347 e. The third-order valence-electron chi connectivity index (χ3n) is 3.09. The molecule has 4 N–H and O–H groups in total. The van der Waals surface area contributed by atoms with Crippen LogP contribution in [0.3, 0.4) is 0 Å². The normalized spacial score (nSPS) is 34.6. The van der Waals surface area contributed by atoms with Gasteiger partial charge in [-0.15, -0.1) is 6.42 Å². The Morgan fingerprint density at radius 2 is 2.30 bits per heavy atom. The zero-order valence-electron chi connectivity index (χ0n) is 10.4. The summed E-state index contributed by atoms with van der Waals surface area (Å²) in [4.78, 5) is 24.5. The molecule has 1 aliphatic rings. The highest BCUT2D eigenvalue weighted by Gasteiger charge is 2.57. The highest BCUT2D eigenvalue weighted by atomic mass is 16.6. The third kappa shape index (κ3) is 2.04. The molecule has 0 amide bonds. The van der Waals surface area contributed by atoms with Crippen LogP contribution in [-0.2, 0) is 4.74 Å². The molecule has 1 unspecified atom stereocenters. The van der Waals surface area contributed by atoms with Gasteiger partial charge in [-0.2, -0.15) is 9.78 Å². The van der Waals surface area contributed by atoms with E-state index in [4.69, 9.17) is 11.2 Å². The van der Waals surface area contributed by atoms with Gasteiger partial charge in [0.05, 0.1) is 6.10 Å². The average molecular weight is 283 g/mol. The summed E-state index contributed by atoms with van der Waals surface area (Å²) >= 11 is 0. The van der Waals surface area contributed by atoms with Gasteiger partial charge in [0.25, 0.3) is 5.56 Å². The van der Waals surface area contributed by atoms with Gasteiger partial charge >= 0.3 is 5.69 Å². The van der Waals surface area contributed by atoms with E-state index >= 15 is 0 Å². The first-order valence-corrected chi connectivity index (χ1v) is 5.71. The largest absolute Gasteiger partial charge is 0.391 e. The molecule has 0 saturated carbocycles. The average Bonchev–Trinajstić information content (AvgIpc) is 2.64. The van der Waals surface area contributed by atoms with E-state index in [0.29, 0.717) is 4.68 Å². The SMILES string of the molecule is C#C[C@@]1(O)C(O)[C@@H]([C@@H](C)O)O[C@H]1n1ncc(=O)[nH]c1=O. The molecular formula is C11H13N3O6. The molecule has 0 aliphatic carbocycles. The number of ether oxygens (including phenoxy) is 1. The summed E-state index contributed by atoms with van der Waals surface area (Å²) in [6.07, 6.45) is 0.473. The smallest absolute Gasteiger partial charge is 0.347 e. The first-order valence-electron chi connectivity index (χ1n) is 5.71. The second-order valence-corrected chi connectivity index (χ2v) is 4.49. The van der Waals surface area contributed by atoms with Crippen molar-refractivity contribution < 1.29 is 20.1 Å². The fourth-order valence-electron chi connectivity index (χ4n) is 2.03. The first kappa shape index (κ1) is 14.4. The minimum Gasteiger partial charge on any atom is -0.391 e. The van der Waals surface area contributed by atoms with Gasteiger partial charge in [0, 0.05) is 0 Å². The van der Waals surface area contributed by atoms with Crippen LogP contribution in [-0.4, -0.2) is 54.0 Å². The van der Waals surface area contributed by atoms with E-state index in [0.717, 1.165) is 6.20 Å². The minimum absolute atomic E-state index is 0.604. The van der Waals surface area contributed by atoms with Crippen LogP contribution in [0.5, 0.6) is 0 Å². The number of aromatic amines is 1. The number of terminal acetylenes is 1. The predicted octanol–water partition coefficient (Wildman–Crippen LogP) is -3.07. The van der Waals surface area contributed by atoms with Crippen molar-refractivity contribution in [3.05, 3.63) is 27.0 Å². The molecule has 5 atom stereocenters. The van der Waals surface area contributed by atoms with Gasteiger partial charge in [-0.25, -0.2) is 4.79 Å². The number of aliphatic hydroxyl groups is 3. The van der Waals surface area contributed by atoms with E-state index in [1.807, 2.05) is 10.9 Å². The molecule has 0 radical (unpaired) electrons. The van der Waals surface area contributed by atoms with Crippen molar-refractivity contribution in [3.63, 3.8) is 0 Å². The van der Waals surface area contributed by atoms with Crippen molar-refractivity contribution in [2.75, 3.05) is 0 Å². The molecule has 1 aromatic heterocycles. The Hall–Kier alpha value is -1.99. The fourth-order valence-corrected chi connectivity index (χ4v) is 2.03. The second kappa shape index (κ2) is 4.84. The fraction of sp³-hybridized carbons (Fsp3) is 0.545.